The van der Waals surface area contributed by atoms with Crippen molar-refractivity contribution in [1.29, 1.82) is 0 Å². The maximum atomic E-state index is 12.8. The van der Waals surface area contributed by atoms with Gasteiger partial charge >= 0.3 is 6.09 Å². The lowest BCUT2D eigenvalue weighted by Crippen LogP contribution is -2.52. The van der Waals surface area contributed by atoms with Crippen LogP contribution in [0.5, 0.6) is 0 Å². The number of amides is 1. The van der Waals surface area contributed by atoms with Crippen molar-refractivity contribution in [1.82, 2.24) is 20.2 Å². The molecule has 0 saturated heterocycles. The van der Waals surface area contributed by atoms with Gasteiger partial charge in [0.2, 0.25) is 0 Å². The molecule has 234 valence electrons. The second-order valence-corrected chi connectivity index (χ2v) is 13.3. The van der Waals surface area contributed by atoms with Crippen LogP contribution in [0.15, 0.2) is 90.8 Å². The van der Waals surface area contributed by atoms with Gasteiger partial charge in [-0.25, -0.2) is 9.78 Å². The average Bonchev–Trinajstić information content (AvgIpc) is 3.33. The molecule has 7 rings (SSSR count). The molecule has 3 aliphatic rings. The van der Waals surface area contributed by atoms with Crippen LogP contribution in [0, 0.1) is 0 Å². The van der Waals surface area contributed by atoms with Gasteiger partial charge in [-0.2, -0.15) is 0 Å². The van der Waals surface area contributed by atoms with E-state index in [1.54, 1.807) is 0 Å². The number of carbonyl (C=O) groups is 1. The lowest BCUT2D eigenvalue weighted by atomic mass is 9.71. The van der Waals surface area contributed by atoms with Crippen molar-refractivity contribution in [3.05, 3.63) is 96.3 Å². The van der Waals surface area contributed by atoms with Crippen molar-refractivity contribution in [2.45, 2.75) is 51.2 Å². The number of imidazole rings is 1. The number of ether oxygens (including phenoxy) is 1. The van der Waals surface area contributed by atoms with Crippen molar-refractivity contribution in [3.63, 3.8) is 0 Å². The Morgan fingerprint density at radius 3 is 2.41 bits per heavy atom. The monoisotopic (exact) mass is 631 g/mol. The predicted octanol–water partition coefficient (Wildman–Crippen LogP) is 7.15. The highest BCUT2D eigenvalue weighted by molar-refractivity contribution is 7.80. The Labute approximate surface area is 273 Å². The highest BCUT2D eigenvalue weighted by Crippen LogP contribution is 2.45. The molecular weight excluding hydrogens is 595 g/mol. The topological polar surface area (TPSA) is 118 Å². The summed E-state index contributed by atoms with van der Waals surface area (Å²) in [6.07, 6.45) is 6.63. The van der Waals surface area contributed by atoms with Gasteiger partial charge < -0.3 is 31.7 Å². The molecule has 0 unspecified atom stereocenters. The number of dihydropyridines is 1. The molecule has 3 aromatic carbocycles. The number of carbonyl (C=O) groups excluding carboxylic acids is 1. The van der Waals surface area contributed by atoms with E-state index in [-0.39, 0.29) is 5.11 Å². The molecule has 9 nitrogen and oxygen atoms in total. The van der Waals surface area contributed by atoms with E-state index in [1.807, 2.05) is 57.2 Å². The van der Waals surface area contributed by atoms with Crippen LogP contribution in [0.2, 0.25) is 0 Å². The van der Waals surface area contributed by atoms with E-state index in [4.69, 9.17) is 27.7 Å². The van der Waals surface area contributed by atoms with E-state index < -0.39 is 17.2 Å². The van der Waals surface area contributed by atoms with Gasteiger partial charge in [0.25, 0.3) is 0 Å². The zero-order valence-corrected chi connectivity index (χ0v) is 26.9. The minimum atomic E-state index is -0.566. The lowest BCUT2D eigenvalue weighted by Gasteiger charge is -2.43. The van der Waals surface area contributed by atoms with Gasteiger partial charge in [-0.1, -0.05) is 54.6 Å². The minimum Gasteiger partial charge on any atom is -0.444 e. The molecule has 0 atom stereocenters. The Bertz CT molecular complexity index is 1900. The zero-order valence-electron chi connectivity index (χ0n) is 26.1. The maximum absolute atomic E-state index is 12.8. The normalized spacial score (nSPS) is 16.0. The number of aromatic nitrogens is 2. The van der Waals surface area contributed by atoms with Crippen molar-refractivity contribution in [2.75, 3.05) is 17.2 Å². The summed E-state index contributed by atoms with van der Waals surface area (Å²) in [5.74, 6) is 1.75. The fourth-order valence-electron chi connectivity index (χ4n) is 6.34. The van der Waals surface area contributed by atoms with Gasteiger partial charge in [-0.15, -0.1) is 0 Å². The quantitative estimate of drug-likeness (QED) is 0.147. The highest BCUT2D eigenvalue weighted by atomic mass is 32.1. The molecule has 0 spiro atoms. The fourth-order valence-corrected chi connectivity index (χ4v) is 6.46. The van der Waals surface area contributed by atoms with E-state index in [2.05, 4.69) is 74.4 Å². The van der Waals surface area contributed by atoms with Crippen molar-refractivity contribution >= 4 is 40.5 Å². The molecule has 10 heteroatoms. The number of fused-ring (bicyclic) bond motifs is 4. The summed E-state index contributed by atoms with van der Waals surface area (Å²) in [6.45, 7) is 6.36. The van der Waals surface area contributed by atoms with Gasteiger partial charge in [0.05, 0.1) is 28.3 Å². The Morgan fingerprint density at radius 1 is 1.02 bits per heavy atom. The number of nitrogens with zero attached hydrogens (tertiary/aromatic N) is 2. The third-order valence-corrected chi connectivity index (χ3v) is 8.66. The molecule has 46 heavy (non-hydrogen) atoms. The van der Waals surface area contributed by atoms with Crippen LogP contribution in [0.4, 0.5) is 16.2 Å². The van der Waals surface area contributed by atoms with Crippen LogP contribution < -0.4 is 27.0 Å². The zero-order chi connectivity index (χ0) is 32.1. The summed E-state index contributed by atoms with van der Waals surface area (Å²) < 4.78 is 7.85. The Morgan fingerprint density at radius 2 is 1.74 bits per heavy atom. The van der Waals surface area contributed by atoms with Crippen molar-refractivity contribution < 1.29 is 9.53 Å². The van der Waals surface area contributed by atoms with Crippen LogP contribution in [0.3, 0.4) is 0 Å². The van der Waals surface area contributed by atoms with Gasteiger partial charge in [0.1, 0.15) is 17.2 Å². The number of para-hydroxylation sites is 1. The number of benzene rings is 3. The third-order valence-electron chi connectivity index (χ3n) is 8.56. The second-order valence-electron chi connectivity index (χ2n) is 12.9. The standard InChI is InChI=1S/C36H37N7O2S/c1-35(2,3)45-34(44)42-36(19-7-20-36)24-15-11-23(12-16-24)30-29(22-13-17-25(18-14-22)39-33(37)46)41-32-26-8-4-5-9-27(26)40-31-28(43(30)32)10-6-21-38-31/h4-6,8-18,38,40H,7,19-21H2,1-3H3,(H,42,44)(H3,37,39,46). The summed E-state index contributed by atoms with van der Waals surface area (Å²) >= 11 is 5.04. The number of rotatable bonds is 5. The number of thiocarbonyl (C=S) groups is 1. The first-order valence-electron chi connectivity index (χ1n) is 15.5. The lowest BCUT2D eigenvalue weighted by molar-refractivity contribution is 0.0377. The number of allylic oxidation sites excluding steroid dienone is 2. The number of hydrogen-bond acceptors (Lipinski definition) is 6. The number of nitrogens with two attached hydrogens (primary N) is 1. The van der Waals surface area contributed by atoms with Gasteiger partial charge in [0, 0.05) is 28.9 Å². The first-order chi connectivity index (χ1) is 22.1. The molecule has 6 N–H and O–H groups in total. The van der Waals surface area contributed by atoms with Crippen LogP contribution >= 0.6 is 12.2 Å². The largest absolute Gasteiger partial charge is 0.444 e. The van der Waals surface area contributed by atoms with Crippen LogP contribution in [0.25, 0.3) is 39.6 Å². The highest BCUT2D eigenvalue weighted by Gasteiger charge is 2.41. The Hall–Kier alpha value is -5.09. The van der Waals surface area contributed by atoms with Gasteiger partial charge in [-0.3, -0.25) is 4.57 Å². The number of nitrogens with one attached hydrogen (secondary N) is 4. The maximum Gasteiger partial charge on any atom is 0.408 e. The summed E-state index contributed by atoms with van der Waals surface area (Å²) in [6, 6.07) is 24.7. The predicted molar refractivity (Wildman–Crippen MR) is 188 cm³/mol. The fraction of sp³-hybridized carbons (Fsp3) is 0.250. The summed E-state index contributed by atoms with van der Waals surface area (Å²) in [5, 5.41) is 13.5. The molecule has 1 saturated carbocycles. The molecule has 1 aromatic heterocycles. The number of anilines is 2. The molecule has 0 radical (unpaired) electrons. The SMILES string of the molecule is CC(C)(C)OC(=O)NC1(c2ccc(-c3c(-c4ccc(NC(N)=S)cc4)nc4n3C3=C(NCC=C3)Nc3ccccc3-4)cc2)CCC1. The molecule has 1 amide bonds. The van der Waals surface area contributed by atoms with Gasteiger partial charge in [-0.05, 0) is 88.2 Å². The Balaban J connectivity index is 1.37. The molecule has 1 aliphatic carbocycles. The smallest absolute Gasteiger partial charge is 0.408 e. The third kappa shape index (κ3) is 5.49. The van der Waals surface area contributed by atoms with Crippen molar-refractivity contribution in [2.24, 2.45) is 5.73 Å². The number of hydrogen-bond donors (Lipinski definition) is 5. The summed E-state index contributed by atoms with van der Waals surface area (Å²) in [7, 11) is 0. The van der Waals surface area contributed by atoms with Crippen LogP contribution in [-0.4, -0.2) is 32.9 Å². The summed E-state index contributed by atoms with van der Waals surface area (Å²) in [4.78, 5) is 18.2. The van der Waals surface area contributed by atoms with E-state index in [0.29, 0.717) is 0 Å². The van der Waals surface area contributed by atoms with E-state index in [1.165, 1.54) is 0 Å². The molecule has 4 aromatic rings. The minimum absolute atomic E-state index is 0.216. The molecular formula is C36H37N7O2S. The van der Waals surface area contributed by atoms with Crippen LogP contribution in [0.1, 0.15) is 45.6 Å². The average molecular weight is 632 g/mol. The van der Waals surface area contributed by atoms with Crippen LogP contribution in [-0.2, 0) is 10.3 Å². The van der Waals surface area contributed by atoms with Crippen molar-refractivity contribution in [3.8, 4) is 33.9 Å². The molecule has 2 aliphatic heterocycles. The Kier molecular flexibility index (Phi) is 7.32. The first kappa shape index (κ1) is 29.6. The van der Waals surface area contributed by atoms with Gasteiger partial charge in [0.15, 0.2) is 5.11 Å². The number of alkyl carbamates (subject to hydrolysis) is 1. The van der Waals surface area contributed by atoms with E-state index in [9.17, 15) is 4.79 Å². The van der Waals surface area contributed by atoms with E-state index >= 15 is 0 Å². The first-order valence-corrected chi connectivity index (χ1v) is 15.9. The molecule has 3 heterocycles. The molecule has 1 fully saturated rings. The molecule has 0 bridgehead atoms. The van der Waals surface area contributed by atoms with E-state index in [0.717, 1.165) is 88.2 Å². The second kappa shape index (κ2) is 11.4. The summed E-state index contributed by atoms with van der Waals surface area (Å²) in [5.41, 5.74) is 13.3.